The highest BCUT2D eigenvalue weighted by Crippen LogP contribution is 2.23. The van der Waals surface area contributed by atoms with Crippen molar-refractivity contribution in [3.8, 4) is 0 Å². The third-order valence-electron chi connectivity index (χ3n) is 3.34. The van der Waals surface area contributed by atoms with Crippen LogP contribution >= 0.6 is 11.6 Å². The van der Waals surface area contributed by atoms with Crippen molar-refractivity contribution >= 4 is 11.6 Å². The standard InChI is InChI=1S/C15H19ClN2O/c1-11-15(16)13(18(2)17-11)9-6-10-14(19)12-7-4-3-5-8-12/h3-5,7-8,14,19H,6,9-10H2,1-2H3. The van der Waals surface area contributed by atoms with Gasteiger partial charge in [-0.2, -0.15) is 5.10 Å². The zero-order valence-corrected chi connectivity index (χ0v) is 12.1. The van der Waals surface area contributed by atoms with E-state index in [1.807, 2.05) is 49.0 Å². The van der Waals surface area contributed by atoms with Gasteiger partial charge in [0, 0.05) is 7.05 Å². The van der Waals surface area contributed by atoms with Gasteiger partial charge in [0.1, 0.15) is 0 Å². The maximum absolute atomic E-state index is 10.1. The minimum atomic E-state index is -0.408. The molecule has 0 amide bonds. The minimum Gasteiger partial charge on any atom is -0.388 e. The number of nitrogens with zero attached hydrogens (tertiary/aromatic N) is 2. The summed E-state index contributed by atoms with van der Waals surface area (Å²) in [7, 11) is 1.90. The molecule has 2 aromatic rings. The SMILES string of the molecule is Cc1nn(C)c(CCCC(O)c2ccccc2)c1Cl. The average Bonchev–Trinajstić information content (AvgIpc) is 2.66. The monoisotopic (exact) mass is 278 g/mol. The number of hydrogen-bond acceptors (Lipinski definition) is 2. The van der Waals surface area contributed by atoms with E-state index in [-0.39, 0.29) is 0 Å². The topological polar surface area (TPSA) is 38.0 Å². The first-order valence-electron chi connectivity index (χ1n) is 6.50. The van der Waals surface area contributed by atoms with Crippen LogP contribution in [-0.2, 0) is 13.5 Å². The van der Waals surface area contributed by atoms with Gasteiger partial charge in [-0.25, -0.2) is 0 Å². The lowest BCUT2D eigenvalue weighted by Crippen LogP contribution is -2.02. The predicted molar refractivity (Wildman–Crippen MR) is 77.3 cm³/mol. The van der Waals surface area contributed by atoms with Gasteiger partial charge in [-0.05, 0) is 31.7 Å². The van der Waals surface area contributed by atoms with Crippen molar-refractivity contribution in [2.75, 3.05) is 0 Å². The van der Waals surface area contributed by atoms with E-state index < -0.39 is 6.10 Å². The molecule has 0 fully saturated rings. The number of halogens is 1. The fraction of sp³-hybridized carbons (Fsp3) is 0.400. The molecule has 4 heteroatoms. The molecule has 2 rings (SSSR count). The first kappa shape index (κ1) is 14.1. The molecule has 1 aromatic carbocycles. The van der Waals surface area contributed by atoms with Gasteiger partial charge in [-0.1, -0.05) is 41.9 Å². The molecule has 1 heterocycles. The molecule has 102 valence electrons. The maximum Gasteiger partial charge on any atom is 0.0846 e. The van der Waals surface area contributed by atoms with E-state index in [1.54, 1.807) is 0 Å². The molecule has 0 aliphatic rings. The normalized spacial score (nSPS) is 12.6. The zero-order chi connectivity index (χ0) is 13.8. The maximum atomic E-state index is 10.1. The summed E-state index contributed by atoms with van der Waals surface area (Å²) in [5.74, 6) is 0. The van der Waals surface area contributed by atoms with E-state index in [1.165, 1.54) is 0 Å². The van der Waals surface area contributed by atoms with Crippen LogP contribution in [0.4, 0.5) is 0 Å². The second-order valence-corrected chi connectivity index (χ2v) is 5.17. The molecule has 1 unspecified atom stereocenters. The Labute approximate surface area is 118 Å². The molecule has 1 atom stereocenters. The summed E-state index contributed by atoms with van der Waals surface area (Å²) in [6.45, 7) is 1.91. The number of aryl methyl sites for hydroxylation is 2. The smallest absolute Gasteiger partial charge is 0.0846 e. The van der Waals surface area contributed by atoms with Crippen molar-refractivity contribution in [3.05, 3.63) is 52.3 Å². The second kappa shape index (κ2) is 6.22. The molecule has 19 heavy (non-hydrogen) atoms. The molecule has 0 aliphatic heterocycles. The van der Waals surface area contributed by atoms with Gasteiger partial charge in [0.05, 0.1) is 22.5 Å². The molecule has 0 spiro atoms. The summed E-state index contributed by atoms with van der Waals surface area (Å²) in [6, 6.07) is 9.74. The van der Waals surface area contributed by atoms with Crippen LogP contribution in [0.25, 0.3) is 0 Å². The Balaban J connectivity index is 1.90. The Kier molecular flexibility index (Phi) is 4.61. The second-order valence-electron chi connectivity index (χ2n) is 4.79. The molecule has 0 bridgehead atoms. The van der Waals surface area contributed by atoms with Crippen molar-refractivity contribution in [2.45, 2.75) is 32.3 Å². The van der Waals surface area contributed by atoms with E-state index >= 15 is 0 Å². The molecule has 0 saturated carbocycles. The van der Waals surface area contributed by atoms with E-state index in [9.17, 15) is 5.11 Å². The number of benzene rings is 1. The van der Waals surface area contributed by atoms with E-state index in [0.29, 0.717) is 0 Å². The van der Waals surface area contributed by atoms with Gasteiger partial charge in [-0.3, -0.25) is 4.68 Å². The number of aromatic nitrogens is 2. The summed E-state index contributed by atoms with van der Waals surface area (Å²) < 4.78 is 1.83. The quantitative estimate of drug-likeness (QED) is 0.910. The van der Waals surface area contributed by atoms with Crippen LogP contribution in [0.15, 0.2) is 30.3 Å². The average molecular weight is 279 g/mol. The number of aliphatic hydroxyl groups is 1. The Morgan fingerprint density at radius 2 is 2.00 bits per heavy atom. The largest absolute Gasteiger partial charge is 0.388 e. The Morgan fingerprint density at radius 3 is 2.58 bits per heavy atom. The Bertz CT molecular complexity index is 537. The zero-order valence-electron chi connectivity index (χ0n) is 11.3. The molecular formula is C15H19ClN2O. The lowest BCUT2D eigenvalue weighted by molar-refractivity contribution is 0.164. The summed E-state index contributed by atoms with van der Waals surface area (Å²) in [4.78, 5) is 0. The molecule has 1 aromatic heterocycles. The van der Waals surface area contributed by atoms with Gasteiger partial charge >= 0.3 is 0 Å². The third-order valence-corrected chi connectivity index (χ3v) is 3.83. The van der Waals surface area contributed by atoms with Gasteiger partial charge in [-0.15, -0.1) is 0 Å². The van der Waals surface area contributed by atoms with Crippen molar-refractivity contribution in [3.63, 3.8) is 0 Å². The molecular weight excluding hydrogens is 260 g/mol. The summed E-state index contributed by atoms with van der Waals surface area (Å²) >= 11 is 6.20. The highest BCUT2D eigenvalue weighted by molar-refractivity contribution is 6.31. The number of hydrogen-bond donors (Lipinski definition) is 1. The highest BCUT2D eigenvalue weighted by Gasteiger charge is 2.12. The number of rotatable bonds is 5. The fourth-order valence-electron chi connectivity index (χ4n) is 2.26. The predicted octanol–water partition coefficient (Wildman–Crippen LogP) is 3.44. The van der Waals surface area contributed by atoms with Crippen LogP contribution in [0.2, 0.25) is 5.02 Å². The lowest BCUT2D eigenvalue weighted by Gasteiger charge is -2.10. The van der Waals surface area contributed by atoms with Crippen LogP contribution in [0.3, 0.4) is 0 Å². The lowest BCUT2D eigenvalue weighted by atomic mass is 10.0. The summed E-state index contributed by atoms with van der Waals surface area (Å²) in [6.07, 6.45) is 2.04. The van der Waals surface area contributed by atoms with Gasteiger partial charge in [0.15, 0.2) is 0 Å². The Hall–Kier alpha value is -1.32. The van der Waals surface area contributed by atoms with Gasteiger partial charge < -0.3 is 5.11 Å². The van der Waals surface area contributed by atoms with E-state index in [0.717, 1.165) is 41.2 Å². The van der Waals surface area contributed by atoms with Crippen molar-refractivity contribution in [1.29, 1.82) is 0 Å². The van der Waals surface area contributed by atoms with Gasteiger partial charge in [0.2, 0.25) is 0 Å². The first-order chi connectivity index (χ1) is 9.09. The van der Waals surface area contributed by atoms with Gasteiger partial charge in [0.25, 0.3) is 0 Å². The van der Waals surface area contributed by atoms with Crippen LogP contribution in [0.1, 0.15) is 35.9 Å². The molecule has 0 radical (unpaired) electrons. The van der Waals surface area contributed by atoms with E-state index in [2.05, 4.69) is 5.10 Å². The summed E-state index contributed by atoms with van der Waals surface area (Å²) in [5.41, 5.74) is 2.87. The van der Waals surface area contributed by atoms with Crippen LogP contribution < -0.4 is 0 Å². The van der Waals surface area contributed by atoms with Crippen LogP contribution in [0, 0.1) is 6.92 Å². The van der Waals surface area contributed by atoms with Crippen molar-refractivity contribution in [1.82, 2.24) is 9.78 Å². The number of aliphatic hydroxyl groups excluding tert-OH is 1. The third kappa shape index (κ3) is 3.37. The van der Waals surface area contributed by atoms with Crippen LogP contribution in [0.5, 0.6) is 0 Å². The summed E-state index contributed by atoms with van der Waals surface area (Å²) in [5, 5.41) is 15.1. The molecule has 0 saturated heterocycles. The van der Waals surface area contributed by atoms with Crippen molar-refractivity contribution < 1.29 is 5.11 Å². The molecule has 3 nitrogen and oxygen atoms in total. The van der Waals surface area contributed by atoms with Crippen LogP contribution in [-0.4, -0.2) is 14.9 Å². The Morgan fingerprint density at radius 1 is 1.32 bits per heavy atom. The molecule has 1 N–H and O–H groups in total. The highest BCUT2D eigenvalue weighted by atomic mass is 35.5. The van der Waals surface area contributed by atoms with E-state index in [4.69, 9.17) is 11.6 Å². The fourth-order valence-corrected chi connectivity index (χ4v) is 2.51. The van der Waals surface area contributed by atoms with Crippen molar-refractivity contribution in [2.24, 2.45) is 7.05 Å². The first-order valence-corrected chi connectivity index (χ1v) is 6.88. The minimum absolute atomic E-state index is 0.408. The molecule has 0 aliphatic carbocycles.